The van der Waals surface area contributed by atoms with Crippen molar-refractivity contribution in [1.82, 2.24) is 9.78 Å². The number of phenolic OH excluding ortho intramolecular Hbond substituents is 2. The van der Waals surface area contributed by atoms with Gasteiger partial charge in [0.2, 0.25) is 5.91 Å². The van der Waals surface area contributed by atoms with Gasteiger partial charge in [0.25, 0.3) is 0 Å². The maximum Gasteiger partial charge on any atom is 0.226 e. The summed E-state index contributed by atoms with van der Waals surface area (Å²) in [6.45, 7) is 1.91. The number of nitrogens with zero attached hydrogens (tertiary/aromatic N) is 2. The molecule has 6 nitrogen and oxygen atoms in total. The van der Waals surface area contributed by atoms with Gasteiger partial charge in [0.15, 0.2) is 11.5 Å². The van der Waals surface area contributed by atoms with Gasteiger partial charge >= 0.3 is 0 Å². The highest BCUT2D eigenvalue weighted by molar-refractivity contribution is 5.95. The molecule has 6 heteroatoms. The summed E-state index contributed by atoms with van der Waals surface area (Å²) in [7, 11) is 0. The van der Waals surface area contributed by atoms with Crippen LogP contribution < -0.4 is 5.32 Å². The van der Waals surface area contributed by atoms with Crippen LogP contribution in [0.15, 0.2) is 48.5 Å². The second-order valence-electron chi connectivity index (χ2n) is 6.15. The molecule has 1 aliphatic heterocycles. The lowest BCUT2D eigenvalue weighted by molar-refractivity contribution is -0.116. The van der Waals surface area contributed by atoms with Crippen LogP contribution in [0.1, 0.15) is 29.2 Å². The molecule has 0 fully saturated rings. The van der Waals surface area contributed by atoms with Gasteiger partial charge in [0.05, 0.1) is 11.4 Å². The number of aryl methyl sites for hydroxylation is 1. The summed E-state index contributed by atoms with van der Waals surface area (Å²) < 4.78 is 1.73. The van der Waals surface area contributed by atoms with Crippen molar-refractivity contribution in [3.05, 3.63) is 65.4 Å². The molecule has 0 saturated carbocycles. The van der Waals surface area contributed by atoms with Crippen molar-refractivity contribution in [2.24, 2.45) is 0 Å². The third-order valence-electron chi connectivity index (χ3n) is 4.51. The summed E-state index contributed by atoms with van der Waals surface area (Å²) in [4.78, 5) is 12.3. The van der Waals surface area contributed by atoms with Crippen molar-refractivity contribution in [3.63, 3.8) is 0 Å². The molecule has 3 aromatic rings. The van der Waals surface area contributed by atoms with Crippen LogP contribution in [-0.4, -0.2) is 25.9 Å². The summed E-state index contributed by atoms with van der Waals surface area (Å²) in [6, 6.07) is 14.3. The Kier molecular flexibility index (Phi) is 3.46. The molecular weight excluding hydrogens is 318 g/mol. The molecular formula is C19H17N3O3. The number of carbonyl (C=O) groups is 1. The second-order valence-corrected chi connectivity index (χ2v) is 6.15. The van der Waals surface area contributed by atoms with Gasteiger partial charge in [-0.3, -0.25) is 4.79 Å². The van der Waals surface area contributed by atoms with E-state index in [1.807, 2.05) is 37.3 Å². The number of hydrogen-bond donors (Lipinski definition) is 3. The molecule has 2 heterocycles. The van der Waals surface area contributed by atoms with E-state index in [-0.39, 0.29) is 29.7 Å². The topological polar surface area (TPSA) is 87.4 Å². The van der Waals surface area contributed by atoms with Gasteiger partial charge in [0.1, 0.15) is 5.82 Å². The molecule has 0 saturated heterocycles. The molecule has 4 rings (SSSR count). The van der Waals surface area contributed by atoms with Gasteiger partial charge in [-0.15, -0.1) is 0 Å². The van der Waals surface area contributed by atoms with Crippen LogP contribution in [0.4, 0.5) is 5.82 Å². The third-order valence-corrected chi connectivity index (χ3v) is 4.51. The Bertz CT molecular complexity index is 964. The smallest absolute Gasteiger partial charge is 0.226 e. The number of hydrogen-bond acceptors (Lipinski definition) is 4. The van der Waals surface area contributed by atoms with Crippen LogP contribution in [0.5, 0.6) is 11.5 Å². The van der Waals surface area contributed by atoms with E-state index in [4.69, 9.17) is 0 Å². The molecule has 1 aromatic heterocycles. The first kappa shape index (κ1) is 15.3. The maximum absolute atomic E-state index is 12.3. The lowest BCUT2D eigenvalue weighted by Gasteiger charge is -2.24. The number of amides is 1. The van der Waals surface area contributed by atoms with Crippen LogP contribution in [0.2, 0.25) is 0 Å². The number of rotatable bonds is 2. The fraction of sp³-hybridized carbons (Fsp3) is 0.158. The van der Waals surface area contributed by atoms with Crippen LogP contribution in [0, 0.1) is 6.92 Å². The minimum absolute atomic E-state index is 0.109. The van der Waals surface area contributed by atoms with E-state index < -0.39 is 0 Å². The summed E-state index contributed by atoms with van der Waals surface area (Å²) in [6.07, 6.45) is 0.262. The van der Waals surface area contributed by atoms with Crippen molar-refractivity contribution in [2.45, 2.75) is 19.3 Å². The first-order chi connectivity index (χ1) is 12.0. The number of benzene rings is 2. The number of aromatic nitrogens is 2. The highest BCUT2D eigenvalue weighted by atomic mass is 16.3. The fourth-order valence-electron chi connectivity index (χ4n) is 3.35. The monoisotopic (exact) mass is 335 g/mol. The Labute approximate surface area is 144 Å². The van der Waals surface area contributed by atoms with E-state index in [0.717, 1.165) is 22.5 Å². The molecule has 1 amide bonds. The standard InChI is InChI=1S/C19H17N3O3/c1-11-18-14(12-7-8-15(23)16(24)9-12)10-17(25)20-19(18)22(21-11)13-5-3-2-4-6-13/h2-9,14,23-24H,10H2,1H3,(H,20,25). The predicted octanol–water partition coefficient (Wildman–Crippen LogP) is 3.07. The van der Waals surface area contributed by atoms with E-state index >= 15 is 0 Å². The minimum atomic E-state index is -0.229. The summed E-state index contributed by atoms with van der Waals surface area (Å²) >= 11 is 0. The third kappa shape index (κ3) is 2.52. The van der Waals surface area contributed by atoms with Crippen molar-refractivity contribution in [3.8, 4) is 17.2 Å². The molecule has 1 atom stereocenters. The highest BCUT2D eigenvalue weighted by Crippen LogP contribution is 2.41. The number of fused-ring (bicyclic) bond motifs is 1. The summed E-state index contributed by atoms with van der Waals surface area (Å²) in [5.41, 5.74) is 3.37. The molecule has 0 spiro atoms. The lowest BCUT2D eigenvalue weighted by atomic mass is 9.85. The molecule has 126 valence electrons. The van der Waals surface area contributed by atoms with E-state index in [9.17, 15) is 15.0 Å². The lowest BCUT2D eigenvalue weighted by Crippen LogP contribution is -2.24. The second kappa shape index (κ2) is 5.66. The largest absolute Gasteiger partial charge is 0.504 e. The molecule has 0 radical (unpaired) electrons. The maximum atomic E-state index is 12.3. The van der Waals surface area contributed by atoms with Crippen LogP contribution in [0.25, 0.3) is 5.69 Å². The number of nitrogens with one attached hydrogen (secondary N) is 1. The van der Waals surface area contributed by atoms with Crippen molar-refractivity contribution < 1.29 is 15.0 Å². The van der Waals surface area contributed by atoms with Crippen LogP contribution in [0.3, 0.4) is 0 Å². The zero-order valence-corrected chi connectivity index (χ0v) is 13.6. The number of anilines is 1. The summed E-state index contributed by atoms with van der Waals surface area (Å²) in [5, 5.41) is 26.9. The Morgan fingerprint density at radius 2 is 1.88 bits per heavy atom. The first-order valence-electron chi connectivity index (χ1n) is 8.01. The van der Waals surface area contributed by atoms with E-state index in [1.54, 1.807) is 10.7 Å². The van der Waals surface area contributed by atoms with Gasteiger partial charge in [-0.1, -0.05) is 24.3 Å². The quantitative estimate of drug-likeness (QED) is 0.628. The first-order valence-corrected chi connectivity index (χ1v) is 8.01. The molecule has 2 aromatic carbocycles. The van der Waals surface area contributed by atoms with Crippen molar-refractivity contribution >= 4 is 11.7 Å². The molecule has 1 unspecified atom stereocenters. The van der Waals surface area contributed by atoms with Crippen molar-refractivity contribution in [2.75, 3.05) is 5.32 Å². The fourth-order valence-corrected chi connectivity index (χ4v) is 3.35. The Balaban J connectivity index is 1.88. The van der Waals surface area contributed by atoms with Crippen LogP contribution in [-0.2, 0) is 4.79 Å². The van der Waals surface area contributed by atoms with Crippen LogP contribution >= 0.6 is 0 Å². The number of phenols is 2. The number of para-hydroxylation sites is 1. The SMILES string of the molecule is Cc1nn(-c2ccccc2)c2c1C(c1ccc(O)c(O)c1)CC(=O)N2. The Morgan fingerprint density at radius 3 is 2.60 bits per heavy atom. The molecule has 0 bridgehead atoms. The number of carbonyl (C=O) groups excluding carboxylic acids is 1. The highest BCUT2D eigenvalue weighted by Gasteiger charge is 2.32. The van der Waals surface area contributed by atoms with Gasteiger partial charge in [-0.25, -0.2) is 4.68 Å². The van der Waals surface area contributed by atoms with Gasteiger partial charge in [-0.2, -0.15) is 5.10 Å². The molecule has 3 N–H and O–H groups in total. The van der Waals surface area contributed by atoms with E-state index in [1.165, 1.54) is 12.1 Å². The Hall–Kier alpha value is -3.28. The zero-order valence-electron chi connectivity index (χ0n) is 13.6. The Morgan fingerprint density at radius 1 is 1.12 bits per heavy atom. The molecule has 0 aliphatic carbocycles. The van der Waals surface area contributed by atoms with Crippen molar-refractivity contribution in [1.29, 1.82) is 0 Å². The summed E-state index contributed by atoms with van der Waals surface area (Å²) in [5.74, 6) is -0.0635. The molecule has 25 heavy (non-hydrogen) atoms. The van der Waals surface area contributed by atoms with E-state index in [0.29, 0.717) is 5.82 Å². The van der Waals surface area contributed by atoms with Gasteiger partial charge in [-0.05, 0) is 36.8 Å². The van der Waals surface area contributed by atoms with Gasteiger partial charge in [0, 0.05) is 17.9 Å². The van der Waals surface area contributed by atoms with E-state index in [2.05, 4.69) is 10.4 Å². The van der Waals surface area contributed by atoms with Gasteiger partial charge < -0.3 is 15.5 Å². The number of aromatic hydroxyl groups is 2. The average Bonchev–Trinajstić information content (AvgIpc) is 2.94. The average molecular weight is 335 g/mol. The predicted molar refractivity (Wildman–Crippen MR) is 93.2 cm³/mol. The zero-order chi connectivity index (χ0) is 17.6. The minimum Gasteiger partial charge on any atom is -0.504 e. The normalized spacial score (nSPS) is 16.4. The molecule has 1 aliphatic rings.